The molecule has 0 aliphatic carbocycles. The molecule has 1 radical (unpaired) electrons. The number of ketones is 1. The van der Waals surface area contributed by atoms with Crippen LogP contribution in [0.2, 0.25) is 0 Å². The minimum absolute atomic E-state index is 0. The summed E-state index contributed by atoms with van der Waals surface area (Å²) in [4.78, 5) is 16.8. The molecule has 0 amide bonds. The van der Waals surface area contributed by atoms with E-state index in [2.05, 4.69) is 110 Å². The molecule has 4 nitrogen and oxygen atoms in total. The van der Waals surface area contributed by atoms with Crippen molar-refractivity contribution >= 4 is 27.7 Å². The summed E-state index contributed by atoms with van der Waals surface area (Å²) >= 11 is 0. The Bertz CT molecular complexity index is 2030. The van der Waals surface area contributed by atoms with Crippen molar-refractivity contribution in [1.82, 2.24) is 4.98 Å². The summed E-state index contributed by atoms with van der Waals surface area (Å²) in [5.41, 5.74) is 11.5. The van der Waals surface area contributed by atoms with Crippen LogP contribution in [0.15, 0.2) is 64.8 Å². The number of aliphatic hydroxyl groups is 1. The summed E-state index contributed by atoms with van der Waals surface area (Å²) in [6, 6.07) is 21.5. The van der Waals surface area contributed by atoms with E-state index in [0.29, 0.717) is 11.6 Å². The number of aromatic nitrogens is 1. The van der Waals surface area contributed by atoms with E-state index in [4.69, 9.17) is 9.40 Å². The summed E-state index contributed by atoms with van der Waals surface area (Å²) in [5, 5.41) is 13.2. The van der Waals surface area contributed by atoms with Crippen molar-refractivity contribution in [2.75, 3.05) is 0 Å². The molecule has 0 bridgehead atoms. The molecule has 0 fully saturated rings. The molecule has 0 spiro atoms. The molecule has 5 heteroatoms. The van der Waals surface area contributed by atoms with Crippen molar-refractivity contribution < 1.29 is 34.4 Å². The van der Waals surface area contributed by atoms with Gasteiger partial charge in [-0.2, -0.15) is 0 Å². The number of pyridine rings is 1. The Morgan fingerprint density at radius 3 is 2.02 bits per heavy atom. The zero-order chi connectivity index (χ0) is 38.5. The Kier molecular flexibility index (Phi) is 15.5. The smallest absolute Gasteiger partial charge is 0.220 e. The number of benzene rings is 3. The molecular formula is C48H62IrNO3-. The van der Waals surface area contributed by atoms with Gasteiger partial charge < -0.3 is 9.52 Å². The van der Waals surface area contributed by atoms with E-state index >= 15 is 0 Å². The van der Waals surface area contributed by atoms with Gasteiger partial charge in [-0.25, -0.2) is 0 Å². The standard InChI is InChI=1S/C35H38NO.C13H24O2.Ir/c1-20(2)14-25-15-21(3)32(22(4)16-25)29-19-31(36-34-33(29)23(5)24(6)37-34)27-17-26-12-10-11-13-28(26)30(18-27)35(7,8)9;1-5-10(6-2)12(14)9-13(15)11(7-3)8-4;/h10-13,15-16,18-20H,14H2,1-9H3;9-11,14H,5-8H2,1-4H3;/q-1;;/b;12-9-;. The zero-order valence-corrected chi connectivity index (χ0v) is 36.9. The van der Waals surface area contributed by atoms with E-state index in [0.717, 1.165) is 65.5 Å². The third kappa shape index (κ3) is 10.2. The number of aliphatic hydroxyl groups excluding tert-OH is 1. The maximum Gasteiger partial charge on any atom is 0.220 e. The Hall–Kier alpha value is -3.53. The summed E-state index contributed by atoms with van der Waals surface area (Å²) in [5.74, 6) is 2.10. The molecule has 0 saturated heterocycles. The van der Waals surface area contributed by atoms with Crippen molar-refractivity contribution in [3.05, 3.63) is 100 Å². The van der Waals surface area contributed by atoms with E-state index in [1.807, 2.05) is 34.6 Å². The van der Waals surface area contributed by atoms with Crippen molar-refractivity contribution in [3.63, 3.8) is 0 Å². The summed E-state index contributed by atoms with van der Waals surface area (Å²) in [7, 11) is 0. The third-order valence-electron chi connectivity index (χ3n) is 10.6. The molecule has 0 aliphatic heterocycles. The molecule has 5 rings (SSSR count). The first-order chi connectivity index (χ1) is 24.5. The largest absolute Gasteiger partial charge is 0.512 e. The topological polar surface area (TPSA) is 63.3 Å². The van der Waals surface area contributed by atoms with E-state index in [1.165, 1.54) is 44.8 Å². The second-order valence-corrected chi connectivity index (χ2v) is 16.1. The van der Waals surface area contributed by atoms with Gasteiger partial charge in [0.15, 0.2) is 5.78 Å². The quantitative estimate of drug-likeness (QED) is 0.0815. The fourth-order valence-corrected chi connectivity index (χ4v) is 7.53. The normalized spacial score (nSPS) is 12.1. The average Bonchev–Trinajstić information content (AvgIpc) is 3.37. The van der Waals surface area contributed by atoms with Crippen LogP contribution in [0.1, 0.15) is 122 Å². The number of allylic oxidation sites excluding steroid dienone is 2. The number of carbonyl (C=O) groups excluding carboxylic acids is 1. The van der Waals surface area contributed by atoms with Gasteiger partial charge in [0, 0.05) is 54.7 Å². The molecule has 53 heavy (non-hydrogen) atoms. The molecule has 1 N–H and O–H groups in total. The number of furan rings is 1. The number of rotatable bonds is 11. The minimum atomic E-state index is -0.00628. The van der Waals surface area contributed by atoms with Crippen LogP contribution in [0.3, 0.4) is 0 Å². The van der Waals surface area contributed by atoms with Gasteiger partial charge in [0.05, 0.1) is 5.76 Å². The molecule has 5 aromatic rings. The molecule has 2 heterocycles. The number of nitrogens with zero attached hydrogens (tertiary/aromatic N) is 1. The molecule has 0 atom stereocenters. The summed E-state index contributed by atoms with van der Waals surface area (Å²) in [6.07, 6.45) is 5.99. The number of aryl methyl sites for hydroxylation is 4. The van der Waals surface area contributed by atoms with E-state index in [1.54, 1.807) is 0 Å². The van der Waals surface area contributed by atoms with Gasteiger partial charge in [-0.15, -0.1) is 29.1 Å². The number of fused-ring (bicyclic) bond motifs is 2. The van der Waals surface area contributed by atoms with Gasteiger partial charge in [0.25, 0.3) is 0 Å². The molecular weight excluding hydrogens is 831 g/mol. The SMILES string of the molecule is CCC(CC)C(=O)/C=C(\O)C(CC)CC.Cc1cc(CC(C)C)cc(C)c1-c1cc(-c2[c-]c3ccccc3c(C(C)(C)C)c2)nc2oc(C)c(C)c12.[Ir]. The van der Waals surface area contributed by atoms with Crippen LogP contribution in [0.4, 0.5) is 0 Å². The molecule has 0 saturated carbocycles. The van der Waals surface area contributed by atoms with Crippen LogP contribution in [0.5, 0.6) is 0 Å². The Labute approximate surface area is 333 Å². The predicted octanol–water partition coefficient (Wildman–Crippen LogP) is 13.7. The number of carbonyl (C=O) groups is 1. The van der Waals surface area contributed by atoms with Gasteiger partial charge in [0.2, 0.25) is 5.71 Å². The first-order valence-corrected chi connectivity index (χ1v) is 19.5. The first kappa shape index (κ1) is 43.9. The molecule has 3 aromatic carbocycles. The van der Waals surface area contributed by atoms with E-state index in [9.17, 15) is 9.90 Å². The van der Waals surface area contributed by atoms with Crippen molar-refractivity contribution in [2.24, 2.45) is 17.8 Å². The average molecular weight is 893 g/mol. The van der Waals surface area contributed by atoms with Crippen LogP contribution in [0, 0.1) is 51.5 Å². The van der Waals surface area contributed by atoms with Gasteiger partial charge in [0.1, 0.15) is 5.76 Å². The summed E-state index contributed by atoms with van der Waals surface area (Å²) < 4.78 is 6.24. The minimum Gasteiger partial charge on any atom is -0.512 e. The number of hydrogen-bond donors (Lipinski definition) is 1. The van der Waals surface area contributed by atoms with Gasteiger partial charge >= 0.3 is 0 Å². The molecule has 2 aromatic heterocycles. The Morgan fingerprint density at radius 1 is 0.887 bits per heavy atom. The van der Waals surface area contributed by atoms with Crippen LogP contribution in [0.25, 0.3) is 44.3 Å². The predicted molar refractivity (Wildman–Crippen MR) is 221 cm³/mol. The van der Waals surface area contributed by atoms with Crippen LogP contribution < -0.4 is 0 Å². The van der Waals surface area contributed by atoms with Gasteiger partial charge in [-0.05, 0) is 98.9 Å². The maximum absolute atomic E-state index is 11.7. The fraction of sp³-hybridized carbons (Fsp3) is 0.458. The molecule has 287 valence electrons. The third-order valence-corrected chi connectivity index (χ3v) is 10.6. The molecule has 0 unspecified atom stereocenters. The Morgan fingerprint density at radius 2 is 1.47 bits per heavy atom. The Balaban J connectivity index is 0.000000403. The van der Waals surface area contributed by atoms with E-state index in [-0.39, 0.29) is 48.9 Å². The van der Waals surface area contributed by atoms with Crippen molar-refractivity contribution in [3.8, 4) is 22.4 Å². The maximum atomic E-state index is 11.7. The second kappa shape index (κ2) is 18.7. The van der Waals surface area contributed by atoms with Crippen molar-refractivity contribution in [1.29, 1.82) is 0 Å². The van der Waals surface area contributed by atoms with Crippen LogP contribution >= 0.6 is 0 Å². The van der Waals surface area contributed by atoms with Gasteiger partial charge in [-0.3, -0.25) is 9.78 Å². The van der Waals surface area contributed by atoms with Crippen LogP contribution in [-0.2, 0) is 36.7 Å². The first-order valence-electron chi connectivity index (χ1n) is 19.5. The van der Waals surface area contributed by atoms with E-state index < -0.39 is 0 Å². The monoisotopic (exact) mass is 893 g/mol. The van der Waals surface area contributed by atoms with Crippen molar-refractivity contribution in [2.45, 2.75) is 128 Å². The van der Waals surface area contributed by atoms with Gasteiger partial charge in [-0.1, -0.05) is 110 Å². The molecule has 0 aliphatic rings. The second-order valence-electron chi connectivity index (χ2n) is 16.1. The fourth-order valence-electron chi connectivity index (χ4n) is 7.53. The zero-order valence-electron chi connectivity index (χ0n) is 34.5. The van der Waals surface area contributed by atoms with Crippen LogP contribution in [-0.4, -0.2) is 15.9 Å². The number of hydrogen-bond acceptors (Lipinski definition) is 4. The summed E-state index contributed by atoms with van der Waals surface area (Å²) in [6.45, 7) is 28.1.